The highest BCUT2D eigenvalue weighted by Crippen LogP contribution is 2.29. The number of anilines is 1. The van der Waals surface area contributed by atoms with Gasteiger partial charge in [0.25, 0.3) is 0 Å². The topological polar surface area (TPSA) is 82.8 Å². The number of sulfone groups is 1. The fourth-order valence-electron chi connectivity index (χ4n) is 2.22. The minimum atomic E-state index is -4.53. The van der Waals surface area contributed by atoms with Crippen LogP contribution in [0.2, 0.25) is 0 Å². The van der Waals surface area contributed by atoms with E-state index in [1.807, 2.05) is 20.8 Å². The highest BCUT2D eigenvalue weighted by Gasteiger charge is 2.30. The summed E-state index contributed by atoms with van der Waals surface area (Å²) in [6, 6.07) is 9.61. The van der Waals surface area contributed by atoms with Gasteiger partial charge < -0.3 is 5.32 Å². The van der Waals surface area contributed by atoms with E-state index >= 15 is 0 Å². The number of nitrogens with one attached hydrogen (secondary N) is 1. The second kappa shape index (κ2) is 7.64. The first-order valence-corrected chi connectivity index (χ1v) is 9.60. The molecule has 0 fully saturated rings. The molecule has 1 N–H and O–H groups in total. The van der Waals surface area contributed by atoms with Gasteiger partial charge in [-0.15, -0.1) is 0 Å². The number of rotatable bonds is 4. The van der Waals surface area contributed by atoms with Crippen LogP contribution in [0.1, 0.15) is 31.9 Å². The highest BCUT2D eigenvalue weighted by molar-refractivity contribution is 7.95. The normalized spacial score (nSPS) is 13.1. The fraction of sp³-hybridized carbons (Fsp3) is 0.263. The standard InChI is InChI=1S/C19H18F3N3O2S/c1-18(2,3)13-4-7-15(8-5-13)28(26,27)16(10-23)12-25-17-9-6-14(11-24-17)19(20,21)22/h4-9,11-12H,1-3H3,(H,24,25). The molecule has 0 bridgehead atoms. The molecule has 1 heterocycles. The van der Waals surface area contributed by atoms with E-state index in [1.165, 1.54) is 12.1 Å². The Hall–Kier alpha value is -2.86. The van der Waals surface area contributed by atoms with E-state index in [1.54, 1.807) is 18.2 Å². The Labute approximate surface area is 161 Å². The van der Waals surface area contributed by atoms with Crippen molar-refractivity contribution >= 4 is 15.7 Å². The van der Waals surface area contributed by atoms with Gasteiger partial charge in [0, 0.05) is 12.4 Å². The molecule has 2 aromatic rings. The lowest BCUT2D eigenvalue weighted by Crippen LogP contribution is -2.12. The summed E-state index contributed by atoms with van der Waals surface area (Å²) >= 11 is 0. The van der Waals surface area contributed by atoms with Crippen LogP contribution < -0.4 is 5.32 Å². The summed E-state index contributed by atoms with van der Waals surface area (Å²) < 4.78 is 62.9. The lowest BCUT2D eigenvalue weighted by atomic mass is 9.87. The molecule has 0 saturated heterocycles. The van der Waals surface area contributed by atoms with Gasteiger partial charge in [-0.2, -0.15) is 18.4 Å². The summed E-state index contributed by atoms with van der Waals surface area (Å²) in [5.41, 5.74) is -0.165. The minimum Gasteiger partial charge on any atom is -0.345 e. The zero-order valence-electron chi connectivity index (χ0n) is 15.4. The van der Waals surface area contributed by atoms with Crippen molar-refractivity contribution in [3.8, 4) is 6.07 Å². The molecule has 2 rings (SSSR count). The first kappa shape index (κ1) is 21.4. The first-order chi connectivity index (χ1) is 12.9. The van der Waals surface area contributed by atoms with Gasteiger partial charge >= 0.3 is 6.18 Å². The smallest absolute Gasteiger partial charge is 0.345 e. The second-order valence-corrected chi connectivity index (χ2v) is 8.89. The van der Waals surface area contributed by atoms with Crippen LogP contribution in [0.3, 0.4) is 0 Å². The third kappa shape index (κ3) is 4.89. The number of pyridine rings is 1. The van der Waals surface area contributed by atoms with Crippen LogP contribution in [-0.2, 0) is 21.4 Å². The molecule has 9 heteroatoms. The third-order valence-corrected chi connectivity index (χ3v) is 5.55. The molecular weight excluding hydrogens is 391 g/mol. The van der Waals surface area contributed by atoms with E-state index in [0.717, 1.165) is 23.9 Å². The van der Waals surface area contributed by atoms with Gasteiger partial charge in [0.15, 0.2) is 4.91 Å². The number of allylic oxidation sites excluding steroid dienone is 1. The Morgan fingerprint density at radius 1 is 1.07 bits per heavy atom. The molecule has 148 valence electrons. The van der Waals surface area contributed by atoms with Gasteiger partial charge in [-0.3, -0.25) is 0 Å². The molecular formula is C19H18F3N3O2S. The van der Waals surface area contributed by atoms with Gasteiger partial charge in [-0.1, -0.05) is 32.9 Å². The molecule has 1 aromatic heterocycles. The maximum atomic E-state index is 12.6. The van der Waals surface area contributed by atoms with E-state index in [4.69, 9.17) is 0 Å². The molecule has 0 atom stereocenters. The Bertz CT molecular complexity index is 1010. The molecule has 0 radical (unpaired) electrons. The van der Waals surface area contributed by atoms with Crippen molar-refractivity contribution in [3.63, 3.8) is 0 Å². The molecule has 1 aromatic carbocycles. The summed E-state index contributed by atoms with van der Waals surface area (Å²) in [5.74, 6) is -0.0287. The molecule has 0 aliphatic rings. The van der Waals surface area contributed by atoms with Crippen LogP contribution in [0.25, 0.3) is 0 Å². The van der Waals surface area contributed by atoms with Crippen molar-refractivity contribution in [2.75, 3.05) is 5.32 Å². The van der Waals surface area contributed by atoms with Crippen LogP contribution in [0.15, 0.2) is 58.6 Å². The number of nitrogens with zero attached hydrogens (tertiary/aromatic N) is 2. The molecule has 0 spiro atoms. The molecule has 0 aliphatic carbocycles. The van der Waals surface area contributed by atoms with Crippen LogP contribution in [0.4, 0.5) is 19.0 Å². The lowest BCUT2D eigenvalue weighted by molar-refractivity contribution is -0.137. The quantitative estimate of drug-likeness (QED) is 0.744. The van der Waals surface area contributed by atoms with Crippen molar-refractivity contribution in [1.29, 1.82) is 5.26 Å². The predicted molar refractivity (Wildman–Crippen MR) is 98.9 cm³/mol. The van der Waals surface area contributed by atoms with Gasteiger partial charge in [-0.05, 0) is 35.2 Å². The van der Waals surface area contributed by atoms with E-state index in [9.17, 15) is 26.9 Å². The average Bonchev–Trinajstić information content (AvgIpc) is 2.61. The molecule has 0 saturated carbocycles. The maximum Gasteiger partial charge on any atom is 0.417 e. The fourth-order valence-corrected chi connectivity index (χ4v) is 3.30. The lowest BCUT2D eigenvalue weighted by Gasteiger charge is -2.19. The number of hydrogen-bond acceptors (Lipinski definition) is 5. The van der Waals surface area contributed by atoms with Crippen molar-refractivity contribution in [1.82, 2.24) is 4.98 Å². The Kier molecular flexibility index (Phi) is 5.85. The summed E-state index contributed by atoms with van der Waals surface area (Å²) in [7, 11) is -4.09. The number of hydrogen-bond donors (Lipinski definition) is 1. The van der Waals surface area contributed by atoms with Crippen molar-refractivity contribution in [3.05, 3.63) is 64.8 Å². The monoisotopic (exact) mass is 409 g/mol. The minimum absolute atomic E-state index is 0.0287. The summed E-state index contributed by atoms with van der Waals surface area (Å²) in [5, 5.41) is 11.7. The van der Waals surface area contributed by atoms with Crippen LogP contribution >= 0.6 is 0 Å². The zero-order valence-corrected chi connectivity index (χ0v) is 16.2. The molecule has 28 heavy (non-hydrogen) atoms. The van der Waals surface area contributed by atoms with Crippen LogP contribution in [-0.4, -0.2) is 13.4 Å². The van der Waals surface area contributed by atoms with E-state index in [-0.39, 0.29) is 16.1 Å². The Balaban J connectivity index is 2.27. The Morgan fingerprint density at radius 3 is 2.07 bits per heavy atom. The van der Waals surface area contributed by atoms with E-state index < -0.39 is 26.5 Å². The van der Waals surface area contributed by atoms with Crippen molar-refractivity contribution in [2.45, 2.75) is 37.3 Å². The van der Waals surface area contributed by atoms with Crippen LogP contribution in [0.5, 0.6) is 0 Å². The van der Waals surface area contributed by atoms with E-state index in [2.05, 4.69) is 10.3 Å². The maximum absolute atomic E-state index is 12.6. The van der Waals surface area contributed by atoms with Gasteiger partial charge in [0.1, 0.15) is 11.9 Å². The SMILES string of the molecule is CC(C)(C)c1ccc(S(=O)(=O)C(C#N)=CNc2ccc(C(F)(F)F)cn2)cc1. The zero-order chi connectivity index (χ0) is 21.2. The molecule has 0 unspecified atom stereocenters. The largest absolute Gasteiger partial charge is 0.417 e. The van der Waals surface area contributed by atoms with Gasteiger partial charge in [0.05, 0.1) is 10.5 Å². The van der Waals surface area contributed by atoms with Crippen molar-refractivity contribution in [2.24, 2.45) is 0 Å². The predicted octanol–water partition coefficient (Wildman–Crippen LogP) is 4.65. The molecule has 5 nitrogen and oxygen atoms in total. The van der Waals surface area contributed by atoms with Gasteiger partial charge in [0.2, 0.25) is 9.84 Å². The summed E-state index contributed by atoms with van der Waals surface area (Å²) in [6.07, 6.45) is -3.01. The van der Waals surface area contributed by atoms with Gasteiger partial charge in [-0.25, -0.2) is 13.4 Å². The highest BCUT2D eigenvalue weighted by atomic mass is 32.2. The number of halogens is 3. The number of benzene rings is 1. The molecule has 0 amide bonds. The van der Waals surface area contributed by atoms with Crippen LogP contribution in [0, 0.1) is 11.3 Å². The summed E-state index contributed by atoms with van der Waals surface area (Å²) in [6.45, 7) is 5.95. The second-order valence-electron chi connectivity index (χ2n) is 6.97. The van der Waals surface area contributed by atoms with E-state index in [0.29, 0.717) is 6.20 Å². The summed E-state index contributed by atoms with van der Waals surface area (Å²) in [4.78, 5) is 2.92. The molecule has 0 aliphatic heterocycles. The average molecular weight is 409 g/mol. The number of aromatic nitrogens is 1. The third-order valence-electron chi connectivity index (χ3n) is 3.87. The first-order valence-electron chi connectivity index (χ1n) is 8.11. The number of alkyl halides is 3. The number of nitriles is 1. The Morgan fingerprint density at radius 2 is 1.64 bits per heavy atom. The van der Waals surface area contributed by atoms with Crippen molar-refractivity contribution < 1.29 is 21.6 Å².